The van der Waals surface area contributed by atoms with E-state index in [2.05, 4.69) is 5.32 Å². The minimum atomic E-state index is -4.52. The molecule has 0 bridgehead atoms. The maximum Gasteiger partial charge on any atom is 0.397 e. The first-order valence-corrected chi connectivity index (χ1v) is 6.07. The molecule has 0 aromatic heterocycles. The Balaban J connectivity index is 2.77. The van der Waals surface area contributed by atoms with Gasteiger partial charge in [0.25, 0.3) is 0 Å². The summed E-state index contributed by atoms with van der Waals surface area (Å²) >= 11 is 5.71. The molecule has 1 aromatic carbocycles. The molecule has 0 unspecified atom stereocenters. The topological polar surface area (TPSA) is 38.3 Å². The van der Waals surface area contributed by atoms with Gasteiger partial charge in [-0.05, 0) is 25.1 Å². The van der Waals surface area contributed by atoms with Crippen LogP contribution in [0.25, 0.3) is 0 Å². The first-order valence-electron chi connectivity index (χ1n) is 5.54. The number of nitrogens with one attached hydrogen (secondary N) is 1. The number of carbonyl (C=O) groups excluding carboxylic acids is 1. The quantitative estimate of drug-likeness (QED) is 0.841. The Kier molecular flexibility index (Phi) is 5.47. The van der Waals surface area contributed by atoms with Gasteiger partial charge in [-0.15, -0.1) is 11.6 Å². The van der Waals surface area contributed by atoms with Crippen LogP contribution in [0.4, 0.5) is 18.9 Å². The van der Waals surface area contributed by atoms with E-state index in [0.717, 1.165) is 0 Å². The Morgan fingerprint density at radius 2 is 2.11 bits per heavy atom. The van der Waals surface area contributed by atoms with Crippen molar-refractivity contribution in [2.45, 2.75) is 25.4 Å². The average Bonchev–Trinajstić information content (AvgIpc) is 2.28. The van der Waals surface area contributed by atoms with Crippen LogP contribution >= 0.6 is 11.6 Å². The van der Waals surface area contributed by atoms with Crippen molar-refractivity contribution in [3.63, 3.8) is 0 Å². The van der Waals surface area contributed by atoms with E-state index in [1.54, 1.807) is 13.0 Å². The van der Waals surface area contributed by atoms with Gasteiger partial charge in [0.2, 0.25) is 5.91 Å². The van der Waals surface area contributed by atoms with Gasteiger partial charge in [0.15, 0.2) is 0 Å². The monoisotopic (exact) mass is 295 g/mol. The molecule has 0 atom stereocenters. The SMILES string of the molecule is CCOc1ccc(NC(=O)CC(F)(F)F)cc1CCl. The number of ether oxygens (including phenoxy) is 1. The number of halogens is 4. The normalized spacial score (nSPS) is 11.2. The van der Waals surface area contributed by atoms with Crippen LogP contribution in [0, 0.1) is 0 Å². The molecule has 3 nitrogen and oxygen atoms in total. The van der Waals surface area contributed by atoms with E-state index in [4.69, 9.17) is 16.3 Å². The second-order valence-corrected chi connectivity index (χ2v) is 4.00. The summed E-state index contributed by atoms with van der Waals surface area (Å²) in [7, 11) is 0. The molecule has 0 aliphatic rings. The predicted octanol–water partition coefficient (Wildman–Crippen LogP) is 3.72. The molecule has 0 saturated carbocycles. The van der Waals surface area contributed by atoms with E-state index >= 15 is 0 Å². The molecule has 0 aliphatic heterocycles. The lowest BCUT2D eigenvalue weighted by Gasteiger charge is -2.12. The lowest BCUT2D eigenvalue weighted by atomic mass is 10.2. The first kappa shape index (κ1) is 15.6. The fraction of sp³-hybridized carbons (Fsp3) is 0.417. The molecule has 0 radical (unpaired) electrons. The second kappa shape index (κ2) is 6.65. The van der Waals surface area contributed by atoms with Gasteiger partial charge in [0, 0.05) is 11.3 Å². The van der Waals surface area contributed by atoms with Crippen LogP contribution in [0.3, 0.4) is 0 Å². The van der Waals surface area contributed by atoms with E-state index < -0.39 is 18.5 Å². The number of hydrogen-bond acceptors (Lipinski definition) is 2. The standard InChI is InChI=1S/C12H13ClF3NO2/c1-2-19-10-4-3-9(5-8(10)7-13)17-11(18)6-12(14,15)16/h3-5H,2,6-7H2,1H3,(H,17,18). The summed E-state index contributed by atoms with van der Waals surface area (Å²) in [6.45, 7) is 2.25. The van der Waals surface area contributed by atoms with Crippen LogP contribution in [-0.2, 0) is 10.7 Å². The van der Waals surface area contributed by atoms with Crippen molar-refractivity contribution < 1.29 is 22.7 Å². The highest BCUT2D eigenvalue weighted by atomic mass is 35.5. The zero-order valence-corrected chi connectivity index (χ0v) is 10.9. The van der Waals surface area contributed by atoms with Gasteiger partial charge in [-0.25, -0.2) is 0 Å². The molecule has 0 saturated heterocycles. The third-order valence-electron chi connectivity index (χ3n) is 2.15. The first-order chi connectivity index (χ1) is 8.85. The molecular weight excluding hydrogens is 283 g/mol. The van der Waals surface area contributed by atoms with Crippen molar-refractivity contribution in [1.82, 2.24) is 0 Å². The van der Waals surface area contributed by atoms with E-state index in [1.165, 1.54) is 12.1 Å². The Labute approximate surface area is 113 Å². The van der Waals surface area contributed by atoms with Crippen molar-refractivity contribution in [1.29, 1.82) is 0 Å². The van der Waals surface area contributed by atoms with E-state index in [-0.39, 0.29) is 11.6 Å². The van der Waals surface area contributed by atoms with Crippen molar-refractivity contribution in [3.8, 4) is 5.75 Å². The molecule has 106 valence electrons. The number of benzene rings is 1. The predicted molar refractivity (Wildman–Crippen MR) is 66.5 cm³/mol. The van der Waals surface area contributed by atoms with Crippen molar-refractivity contribution >= 4 is 23.2 Å². The smallest absolute Gasteiger partial charge is 0.397 e. The Morgan fingerprint density at radius 1 is 1.42 bits per heavy atom. The maximum atomic E-state index is 12.0. The van der Waals surface area contributed by atoms with Gasteiger partial charge in [-0.1, -0.05) is 0 Å². The molecule has 19 heavy (non-hydrogen) atoms. The number of amides is 1. The molecule has 0 heterocycles. The van der Waals surface area contributed by atoms with Crippen LogP contribution in [0.2, 0.25) is 0 Å². The van der Waals surface area contributed by atoms with Crippen LogP contribution in [-0.4, -0.2) is 18.7 Å². The summed E-state index contributed by atoms with van der Waals surface area (Å²) < 4.78 is 41.3. The van der Waals surface area contributed by atoms with Gasteiger partial charge >= 0.3 is 6.18 Å². The van der Waals surface area contributed by atoms with Crippen molar-refractivity contribution in [2.75, 3.05) is 11.9 Å². The summed E-state index contributed by atoms with van der Waals surface area (Å²) in [6, 6.07) is 4.52. The molecule has 0 aliphatic carbocycles. The van der Waals surface area contributed by atoms with Gasteiger partial charge in [-0.2, -0.15) is 13.2 Å². The van der Waals surface area contributed by atoms with Crippen LogP contribution in [0.5, 0.6) is 5.75 Å². The van der Waals surface area contributed by atoms with E-state index in [9.17, 15) is 18.0 Å². The summed E-state index contributed by atoms with van der Waals surface area (Å²) in [5.74, 6) is -0.429. The van der Waals surface area contributed by atoms with E-state index in [0.29, 0.717) is 17.9 Å². The van der Waals surface area contributed by atoms with Crippen molar-refractivity contribution in [2.24, 2.45) is 0 Å². The summed E-state index contributed by atoms with van der Waals surface area (Å²) in [4.78, 5) is 11.1. The van der Waals surface area contributed by atoms with Gasteiger partial charge in [0.1, 0.15) is 12.2 Å². The third-order valence-corrected chi connectivity index (χ3v) is 2.44. The maximum absolute atomic E-state index is 12.0. The zero-order valence-electron chi connectivity index (χ0n) is 10.2. The molecule has 0 spiro atoms. The highest BCUT2D eigenvalue weighted by molar-refractivity contribution is 6.17. The number of hydrogen-bond donors (Lipinski definition) is 1. The Hall–Kier alpha value is -1.43. The molecule has 1 aromatic rings. The molecule has 1 N–H and O–H groups in total. The van der Waals surface area contributed by atoms with Gasteiger partial charge in [0.05, 0.1) is 12.5 Å². The summed E-state index contributed by atoms with van der Waals surface area (Å²) in [6.07, 6.45) is -6.04. The molecule has 0 fully saturated rings. The largest absolute Gasteiger partial charge is 0.494 e. The summed E-state index contributed by atoms with van der Waals surface area (Å²) in [5, 5.41) is 2.17. The number of rotatable bonds is 5. The van der Waals surface area contributed by atoms with Crippen LogP contribution in [0.15, 0.2) is 18.2 Å². The Morgan fingerprint density at radius 3 is 2.63 bits per heavy atom. The van der Waals surface area contributed by atoms with Crippen molar-refractivity contribution in [3.05, 3.63) is 23.8 Å². The average molecular weight is 296 g/mol. The molecule has 1 amide bonds. The number of alkyl halides is 4. The number of carbonyl (C=O) groups is 1. The van der Waals surface area contributed by atoms with E-state index in [1.807, 2.05) is 0 Å². The fourth-order valence-corrected chi connectivity index (χ4v) is 1.65. The lowest BCUT2D eigenvalue weighted by molar-refractivity contribution is -0.150. The summed E-state index contributed by atoms with van der Waals surface area (Å²) in [5.41, 5.74) is 0.863. The van der Waals surface area contributed by atoms with Crippen LogP contribution in [0.1, 0.15) is 18.9 Å². The zero-order chi connectivity index (χ0) is 14.5. The molecule has 1 rings (SSSR count). The number of anilines is 1. The Bertz CT molecular complexity index is 449. The fourth-order valence-electron chi connectivity index (χ4n) is 1.45. The highest BCUT2D eigenvalue weighted by Crippen LogP contribution is 2.25. The minimum absolute atomic E-state index is 0.137. The van der Waals surface area contributed by atoms with Gasteiger partial charge in [-0.3, -0.25) is 4.79 Å². The molecular formula is C12H13ClF3NO2. The lowest BCUT2D eigenvalue weighted by Crippen LogP contribution is -2.21. The van der Waals surface area contributed by atoms with Crippen LogP contribution < -0.4 is 10.1 Å². The highest BCUT2D eigenvalue weighted by Gasteiger charge is 2.31. The third kappa shape index (κ3) is 5.38. The molecule has 7 heteroatoms. The van der Waals surface area contributed by atoms with Gasteiger partial charge < -0.3 is 10.1 Å². The minimum Gasteiger partial charge on any atom is -0.494 e. The second-order valence-electron chi connectivity index (χ2n) is 3.73.